The van der Waals surface area contributed by atoms with Gasteiger partial charge < -0.3 is 4.74 Å². The Morgan fingerprint density at radius 1 is 1.12 bits per heavy atom. The van der Waals surface area contributed by atoms with Crippen LogP contribution in [0.5, 0.6) is 5.19 Å². The summed E-state index contributed by atoms with van der Waals surface area (Å²) in [5.41, 5.74) is 1.74. The van der Waals surface area contributed by atoms with E-state index in [9.17, 15) is 8.42 Å². The fraction of sp³-hybridized carbons (Fsp3) is 0.167. The van der Waals surface area contributed by atoms with E-state index in [1.165, 1.54) is 17.6 Å². The maximum atomic E-state index is 13.2. The van der Waals surface area contributed by atoms with Gasteiger partial charge in [-0.3, -0.25) is 0 Å². The van der Waals surface area contributed by atoms with E-state index in [4.69, 9.17) is 4.74 Å². The summed E-state index contributed by atoms with van der Waals surface area (Å²) >= 11 is 4.56. The van der Waals surface area contributed by atoms with Crippen LogP contribution in [-0.4, -0.2) is 31.9 Å². The van der Waals surface area contributed by atoms with Gasteiger partial charge in [-0.25, -0.2) is 13.4 Å². The van der Waals surface area contributed by atoms with Gasteiger partial charge in [0.15, 0.2) is 4.21 Å². The van der Waals surface area contributed by atoms with Gasteiger partial charge in [0.25, 0.3) is 15.2 Å². The number of methoxy groups -OCH3 is 1. The van der Waals surface area contributed by atoms with Gasteiger partial charge in [-0.2, -0.15) is 4.31 Å². The minimum absolute atomic E-state index is 0.143. The first kappa shape index (κ1) is 19.0. The number of aromatic nitrogens is 1. The Morgan fingerprint density at radius 2 is 1.77 bits per heavy atom. The van der Waals surface area contributed by atoms with E-state index in [1.54, 1.807) is 7.05 Å². The maximum absolute atomic E-state index is 13.2. The zero-order valence-corrected chi connectivity index (χ0v) is 17.4. The van der Waals surface area contributed by atoms with Crippen LogP contribution in [0.15, 0.2) is 69.5 Å². The molecule has 8 heteroatoms. The highest BCUT2D eigenvalue weighted by Crippen LogP contribution is 2.37. The average molecular weight is 453 g/mol. The number of benzene rings is 2. The average Bonchev–Trinajstić information content (AvgIpc) is 3.14. The van der Waals surface area contributed by atoms with Crippen molar-refractivity contribution in [2.45, 2.75) is 10.3 Å². The Morgan fingerprint density at radius 3 is 2.38 bits per heavy atom. The molecule has 1 heterocycles. The van der Waals surface area contributed by atoms with Crippen molar-refractivity contribution < 1.29 is 13.2 Å². The molecule has 26 heavy (non-hydrogen) atoms. The minimum atomic E-state index is -3.75. The lowest BCUT2D eigenvalue weighted by Crippen LogP contribution is -2.31. The molecule has 1 unspecified atom stereocenters. The number of hydrogen-bond donors (Lipinski definition) is 0. The molecule has 0 bridgehead atoms. The molecule has 1 aromatic heterocycles. The van der Waals surface area contributed by atoms with Gasteiger partial charge in [-0.1, -0.05) is 75.8 Å². The van der Waals surface area contributed by atoms with Crippen LogP contribution in [0.25, 0.3) is 0 Å². The van der Waals surface area contributed by atoms with Crippen LogP contribution in [0.1, 0.15) is 17.2 Å². The van der Waals surface area contributed by atoms with E-state index < -0.39 is 16.1 Å². The smallest absolute Gasteiger partial charge is 0.274 e. The first-order valence-electron chi connectivity index (χ1n) is 7.72. The van der Waals surface area contributed by atoms with Crippen LogP contribution in [0.2, 0.25) is 0 Å². The fourth-order valence-corrected chi connectivity index (χ4v) is 5.59. The molecule has 0 aliphatic heterocycles. The highest BCUT2D eigenvalue weighted by molar-refractivity contribution is 9.10. The van der Waals surface area contributed by atoms with Crippen LogP contribution in [0.4, 0.5) is 0 Å². The molecular formula is C18H17BrN2O3S2. The Kier molecular flexibility index (Phi) is 5.76. The molecular weight excluding hydrogens is 436 g/mol. The summed E-state index contributed by atoms with van der Waals surface area (Å²) in [6.07, 6.45) is 1.33. The normalized spacial score (nSPS) is 12.9. The van der Waals surface area contributed by atoms with Gasteiger partial charge >= 0.3 is 0 Å². The predicted molar refractivity (Wildman–Crippen MR) is 106 cm³/mol. The summed E-state index contributed by atoms with van der Waals surface area (Å²) in [7, 11) is -0.705. The molecule has 0 fully saturated rings. The second-order valence-corrected chi connectivity index (χ2v) is 9.58. The molecule has 0 saturated heterocycles. The molecule has 3 rings (SSSR count). The third-order valence-electron chi connectivity index (χ3n) is 3.95. The first-order valence-corrected chi connectivity index (χ1v) is 10.8. The molecule has 1 atom stereocenters. The SMILES string of the molecule is COc1ncc(S(=O)(=O)N(C)C(c2ccccc2)c2ccccc2Br)s1. The monoisotopic (exact) mass is 452 g/mol. The Bertz CT molecular complexity index is 990. The summed E-state index contributed by atoms with van der Waals surface area (Å²) in [4.78, 5) is 3.99. The molecule has 136 valence electrons. The highest BCUT2D eigenvalue weighted by atomic mass is 79.9. The number of halogens is 1. The minimum Gasteiger partial charge on any atom is -0.473 e. The molecule has 0 N–H and O–H groups in total. The number of rotatable bonds is 6. The van der Waals surface area contributed by atoms with E-state index in [0.717, 1.165) is 26.9 Å². The number of nitrogens with zero attached hydrogens (tertiary/aromatic N) is 2. The Hall–Kier alpha value is -1.74. The molecule has 2 aromatic carbocycles. The standard InChI is InChI=1S/C18H17BrN2O3S2/c1-21(26(22,23)16-12-20-18(24-2)25-16)17(13-8-4-3-5-9-13)14-10-6-7-11-15(14)19/h3-12,17H,1-2H3. The van der Waals surface area contributed by atoms with E-state index in [1.807, 2.05) is 54.6 Å². The van der Waals surface area contributed by atoms with E-state index in [-0.39, 0.29) is 4.21 Å². The maximum Gasteiger partial charge on any atom is 0.274 e. The quantitative estimate of drug-likeness (QED) is 0.558. The second kappa shape index (κ2) is 7.87. The van der Waals surface area contributed by atoms with Crippen LogP contribution in [0, 0.1) is 0 Å². The van der Waals surface area contributed by atoms with Crippen molar-refractivity contribution in [3.63, 3.8) is 0 Å². The van der Waals surface area contributed by atoms with Crippen LogP contribution < -0.4 is 4.74 Å². The van der Waals surface area contributed by atoms with Crippen LogP contribution in [0.3, 0.4) is 0 Å². The van der Waals surface area contributed by atoms with E-state index in [0.29, 0.717) is 5.19 Å². The first-order chi connectivity index (χ1) is 12.4. The molecule has 0 amide bonds. The summed E-state index contributed by atoms with van der Waals surface area (Å²) in [5.74, 6) is 0. The van der Waals surface area contributed by atoms with Crippen molar-refractivity contribution in [3.05, 3.63) is 76.4 Å². The summed E-state index contributed by atoms with van der Waals surface area (Å²) < 4.78 is 33.8. The third kappa shape index (κ3) is 3.68. The third-order valence-corrected chi connectivity index (χ3v) is 7.89. The highest BCUT2D eigenvalue weighted by Gasteiger charge is 2.33. The van der Waals surface area contributed by atoms with Crippen LogP contribution >= 0.6 is 27.3 Å². The zero-order valence-electron chi connectivity index (χ0n) is 14.2. The fourth-order valence-electron chi connectivity index (χ4n) is 2.66. The van der Waals surface area contributed by atoms with E-state index >= 15 is 0 Å². The number of thiazole rings is 1. The van der Waals surface area contributed by atoms with Crippen molar-refractivity contribution >= 4 is 37.3 Å². The summed E-state index contributed by atoms with van der Waals surface area (Å²) in [5, 5.41) is 0.314. The van der Waals surface area contributed by atoms with Gasteiger partial charge in [0.05, 0.1) is 19.3 Å². The van der Waals surface area contributed by atoms with Crippen molar-refractivity contribution in [1.82, 2.24) is 9.29 Å². The number of hydrogen-bond acceptors (Lipinski definition) is 5. The van der Waals surface area contributed by atoms with Crippen molar-refractivity contribution in [1.29, 1.82) is 0 Å². The molecule has 0 saturated carbocycles. The molecule has 5 nitrogen and oxygen atoms in total. The molecule has 0 aliphatic rings. The van der Waals surface area contributed by atoms with E-state index in [2.05, 4.69) is 20.9 Å². The van der Waals surface area contributed by atoms with Gasteiger partial charge in [-0.05, 0) is 17.2 Å². The van der Waals surface area contributed by atoms with Gasteiger partial charge in [0.2, 0.25) is 0 Å². The Balaban J connectivity index is 2.11. The van der Waals surface area contributed by atoms with Crippen LogP contribution in [-0.2, 0) is 10.0 Å². The lowest BCUT2D eigenvalue weighted by atomic mass is 9.99. The predicted octanol–water partition coefficient (Wildman–Crippen LogP) is 4.32. The van der Waals surface area contributed by atoms with Gasteiger partial charge in [0.1, 0.15) is 0 Å². The van der Waals surface area contributed by atoms with Crippen molar-refractivity contribution in [2.24, 2.45) is 0 Å². The molecule has 0 spiro atoms. The largest absolute Gasteiger partial charge is 0.473 e. The Labute approximate surface area is 165 Å². The van der Waals surface area contributed by atoms with Crippen molar-refractivity contribution in [2.75, 3.05) is 14.2 Å². The lowest BCUT2D eigenvalue weighted by molar-refractivity contribution is 0.412. The topological polar surface area (TPSA) is 59.5 Å². The second-order valence-electron chi connectivity index (χ2n) is 5.51. The van der Waals surface area contributed by atoms with Crippen molar-refractivity contribution in [3.8, 4) is 5.19 Å². The number of ether oxygens (including phenoxy) is 1. The van der Waals surface area contributed by atoms with Gasteiger partial charge in [-0.15, -0.1) is 0 Å². The lowest BCUT2D eigenvalue weighted by Gasteiger charge is -2.28. The molecule has 0 radical (unpaired) electrons. The molecule has 3 aromatic rings. The molecule has 0 aliphatic carbocycles. The number of sulfonamides is 1. The van der Waals surface area contributed by atoms with Gasteiger partial charge in [0, 0.05) is 11.5 Å². The summed E-state index contributed by atoms with van der Waals surface area (Å²) in [6, 6.07) is 16.7. The zero-order chi connectivity index (χ0) is 18.7. The summed E-state index contributed by atoms with van der Waals surface area (Å²) in [6.45, 7) is 0.